The molecule has 1 nitrogen and oxygen atoms in total. The number of benzene rings is 1. The van der Waals surface area contributed by atoms with E-state index >= 15 is 0 Å². The third kappa shape index (κ3) is 4.00. The summed E-state index contributed by atoms with van der Waals surface area (Å²) in [5.74, 6) is 0.811. The van der Waals surface area contributed by atoms with Gasteiger partial charge in [-0.05, 0) is 29.7 Å². The van der Waals surface area contributed by atoms with E-state index in [2.05, 4.69) is 42.9 Å². The summed E-state index contributed by atoms with van der Waals surface area (Å²) in [7, 11) is -0.391. The van der Waals surface area contributed by atoms with Crippen molar-refractivity contribution in [2.45, 2.75) is 38.9 Å². The van der Waals surface area contributed by atoms with E-state index < -0.39 is 8.80 Å². The second kappa shape index (κ2) is 5.76. The molecule has 1 rings (SSSR count). The molecule has 0 aliphatic heterocycles. The molecule has 1 aromatic rings. The van der Waals surface area contributed by atoms with Crippen LogP contribution in [0.4, 0.5) is 0 Å². The van der Waals surface area contributed by atoms with Gasteiger partial charge in [0.2, 0.25) is 0 Å². The van der Waals surface area contributed by atoms with Gasteiger partial charge in [-0.3, -0.25) is 0 Å². The monoisotopic (exact) mass is 333 g/mol. The van der Waals surface area contributed by atoms with E-state index in [0.29, 0.717) is 5.02 Å². The summed E-state index contributed by atoms with van der Waals surface area (Å²) in [4.78, 5) is 0. The fourth-order valence-electron chi connectivity index (χ4n) is 1.27. The van der Waals surface area contributed by atoms with Crippen molar-refractivity contribution in [1.29, 1.82) is 0 Å². The Kier molecular flexibility index (Phi) is 5.11. The zero-order valence-corrected chi connectivity index (χ0v) is 14.4. The minimum Gasteiger partial charge on any atom is -0.492 e. The van der Waals surface area contributed by atoms with Crippen LogP contribution in [0.25, 0.3) is 0 Å². The number of halogens is 2. The summed E-state index contributed by atoms with van der Waals surface area (Å²) in [5.41, 5.74) is 1.07. The molecule has 0 saturated carbocycles. The SMILES string of the molecule is Cc1cc(Br)cc(Cl)c1OCC(C)(C)[Si](C)C. The van der Waals surface area contributed by atoms with Crippen LogP contribution in [0.1, 0.15) is 19.4 Å². The van der Waals surface area contributed by atoms with Gasteiger partial charge in [-0.15, -0.1) is 0 Å². The first-order valence-electron chi connectivity index (χ1n) is 5.63. The van der Waals surface area contributed by atoms with Gasteiger partial charge >= 0.3 is 0 Å². The molecule has 17 heavy (non-hydrogen) atoms. The first-order valence-corrected chi connectivity index (χ1v) is 9.30. The first-order chi connectivity index (χ1) is 7.74. The summed E-state index contributed by atoms with van der Waals surface area (Å²) >= 11 is 9.62. The minimum absolute atomic E-state index is 0.244. The predicted octanol–water partition coefficient (Wildman–Crippen LogP) is 5.32. The summed E-state index contributed by atoms with van der Waals surface area (Å²) in [6, 6.07) is 3.90. The molecule has 95 valence electrons. The van der Waals surface area contributed by atoms with Gasteiger partial charge in [0, 0.05) is 4.47 Å². The Balaban J connectivity index is 2.83. The van der Waals surface area contributed by atoms with E-state index in [1.165, 1.54) is 0 Å². The Morgan fingerprint density at radius 3 is 2.41 bits per heavy atom. The minimum atomic E-state index is -0.391. The highest BCUT2D eigenvalue weighted by molar-refractivity contribution is 9.10. The lowest BCUT2D eigenvalue weighted by atomic mass is 10.2. The second-order valence-corrected chi connectivity index (χ2v) is 9.88. The maximum atomic E-state index is 6.20. The van der Waals surface area contributed by atoms with E-state index in [-0.39, 0.29) is 5.04 Å². The fourth-order valence-corrected chi connectivity index (χ4v) is 2.65. The smallest absolute Gasteiger partial charge is 0.140 e. The largest absolute Gasteiger partial charge is 0.492 e. The van der Waals surface area contributed by atoms with E-state index in [4.69, 9.17) is 16.3 Å². The molecule has 0 bridgehead atoms. The van der Waals surface area contributed by atoms with Crippen LogP contribution in [0.2, 0.25) is 23.2 Å². The van der Waals surface area contributed by atoms with Crippen LogP contribution >= 0.6 is 27.5 Å². The van der Waals surface area contributed by atoms with Crippen molar-refractivity contribution in [2.24, 2.45) is 0 Å². The van der Waals surface area contributed by atoms with E-state index in [0.717, 1.165) is 22.4 Å². The fraction of sp³-hybridized carbons (Fsp3) is 0.538. The molecule has 0 spiro atoms. The molecule has 0 amide bonds. The van der Waals surface area contributed by atoms with Gasteiger partial charge in [0.05, 0.1) is 20.4 Å². The molecule has 0 fully saturated rings. The molecule has 0 N–H and O–H groups in total. The first kappa shape index (κ1) is 15.1. The molecule has 0 heterocycles. The Morgan fingerprint density at radius 2 is 1.94 bits per heavy atom. The summed E-state index contributed by atoms with van der Waals surface area (Å²) in [6.07, 6.45) is 0. The highest BCUT2D eigenvalue weighted by atomic mass is 79.9. The van der Waals surface area contributed by atoms with Gasteiger partial charge in [-0.1, -0.05) is 54.5 Å². The highest BCUT2D eigenvalue weighted by Crippen LogP contribution is 2.35. The third-order valence-corrected chi connectivity index (χ3v) is 6.72. The molecule has 0 aliphatic carbocycles. The van der Waals surface area contributed by atoms with Crippen molar-refractivity contribution >= 4 is 36.3 Å². The molecule has 0 atom stereocenters. The summed E-state index contributed by atoms with van der Waals surface area (Å²) in [6.45, 7) is 11.9. The number of rotatable bonds is 4. The zero-order chi connectivity index (χ0) is 13.2. The standard InChI is InChI=1S/C13H19BrClOSi/c1-9-6-10(14)7-11(15)12(9)16-8-13(2,3)17(4)5/h6-7H,8H2,1-5H3. The third-order valence-electron chi connectivity index (χ3n) is 3.12. The quantitative estimate of drug-likeness (QED) is 0.677. The lowest BCUT2D eigenvalue weighted by Gasteiger charge is -2.28. The number of ether oxygens (including phenoxy) is 1. The van der Waals surface area contributed by atoms with Crippen LogP contribution in [0, 0.1) is 6.92 Å². The molecule has 4 heteroatoms. The average molecular weight is 335 g/mol. The predicted molar refractivity (Wildman–Crippen MR) is 80.9 cm³/mol. The van der Waals surface area contributed by atoms with E-state index in [9.17, 15) is 0 Å². The lowest BCUT2D eigenvalue weighted by molar-refractivity contribution is 0.275. The van der Waals surface area contributed by atoms with Crippen LogP contribution < -0.4 is 4.74 Å². The second-order valence-electron chi connectivity index (χ2n) is 5.21. The number of hydrogen-bond donors (Lipinski definition) is 0. The topological polar surface area (TPSA) is 9.23 Å². The molecule has 0 saturated heterocycles. The molecule has 1 aromatic carbocycles. The van der Waals surface area contributed by atoms with Crippen LogP contribution in [0.3, 0.4) is 0 Å². The average Bonchev–Trinajstić information content (AvgIpc) is 2.15. The molecule has 0 aliphatic rings. The van der Waals surface area contributed by atoms with Crippen LogP contribution in [-0.4, -0.2) is 15.4 Å². The van der Waals surface area contributed by atoms with Gasteiger partial charge in [0.15, 0.2) is 0 Å². The van der Waals surface area contributed by atoms with Crippen LogP contribution in [0.15, 0.2) is 16.6 Å². The van der Waals surface area contributed by atoms with Crippen molar-refractivity contribution in [3.05, 3.63) is 27.2 Å². The van der Waals surface area contributed by atoms with Crippen LogP contribution in [-0.2, 0) is 0 Å². The number of hydrogen-bond acceptors (Lipinski definition) is 1. The Morgan fingerprint density at radius 1 is 1.35 bits per heavy atom. The number of aryl methyl sites for hydroxylation is 1. The van der Waals surface area contributed by atoms with Crippen molar-refractivity contribution in [3.8, 4) is 5.75 Å². The van der Waals surface area contributed by atoms with Gasteiger partial charge in [0.25, 0.3) is 0 Å². The molecule has 0 unspecified atom stereocenters. The van der Waals surface area contributed by atoms with Gasteiger partial charge in [0.1, 0.15) is 5.75 Å². The van der Waals surface area contributed by atoms with Crippen molar-refractivity contribution in [2.75, 3.05) is 6.61 Å². The van der Waals surface area contributed by atoms with Crippen LogP contribution in [0.5, 0.6) is 5.75 Å². The summed E-state index contributed by atoms with van der Waals surface area (Å²) in [5, 5.41) is 0.918. The Bertz CT molecular complexity index is 381. The van der Waals surface area contributed by atoms with E-state index in [1.54, 1.807) is 0 Å². The highest BCUT2D eigenvalue weighted by Gasteiger charge is 2.25. The molecular formula is C13H19BrClOSi. The maximum absolute atomic E-state index is 6.20. The summed E-state index contributed by atoms with van der Waals surface area (Å²) < 4.78 is 6.91. The maximum Gasteiger partial charge on any atom is 0.140 e. The van der Waals surface area contributed by atoms with Gasteiger partial charge in [-0.25, -0.2) is 0 Å². The van der Waals surface area contributed by atoms with E-state index in [1.807, 2.05) is 19.1 Å². The molecule has 0 aromatic heterocycles. The van der Waals surface area contributed by atoms with Crippen molar-refractivity contribution in [3.63, 3.8) is 0 Å². The van der Waals surface area contributed by atoms with Crippen molar-refractivity contribution in [1.82, 2.24) is 0 Å². The normalized spacial score (nSPS) is 12.0. The van der Waals surface area contributed by atoms with Gasteiger partial charge < -0.3 is 4.74 Å². The Hall–Kier alpha value is 0.00688. The zero-order valence-electron chi connectivity index (χ0n) is 11.0. The Labute approximate surface area is 119 Å². The van der Waals surface area contributed by atoms with Gasteiger partial charge in [-0.2, -0.15) is 0 Å². The molecule has 1 radical (unpaired) electrons. The van der Waals surface area contributed by atoms with Crippen molar-refractivity contribution < 1.29 is 4.74 Å². The lowest BCUT2D eigenvalue weighted by Crippen LogP contribution is -2.27. The molecular weight excluding hydrogens is 316 g/mol.